The van der Waals surface area contributed by atoms with Gasteiger partial charge in [-0.25, -0.2) is 9.13 Å². The van der Waals surface area contributed by atoms with Crippen LogP contribution in [0, 0.1) is 11.8 Å². The van der Waals surface area contributed by atoms with E-state index in [1.54, 1.807) is 0 Å². The Morgan fingerprint density at radius 2 is 0.489 bits per heavy atom. The van der Waals surface area contributed by atoms with Gasteiger partial charge in [0, 0.05) is 25.7 Å². The van der Waals surface area contributed by atoms with E-state index in [0.29, 0.717) is 25.7 Å². The number of unbranched alkanes of at least 4 members (excludes halogenated alkanes) is 44. The van der Waals surface area contributed by atoms with Gasteiger partial charge in [0.05, 0.1) is 26.4 Å². The van der Waals surface area contributed by atoms with Crippen molar-refractivity contribution in [3.63, 3.8) is 0 Å². The summed E-state index contributed by atoms with van der Waals surface area (Å²) in [5.74, 6) is -0.633. The molecule has 2 unspecified atom stereocenters. The minimum absolute atomic E-state index is 0.104. The third kappa shape index (κ3) is 68.6. The molecule has 0 heterocycles. The highest BCUT2D eigenvalue weighted by Gasteiger charge is 2.30. The van der Waals surface area contributed by atoms with E-state index in [1.165, 1.54) is 199 Å². The predicted octanol–water partition coefficient (Wildman–Crippen LogP) is 21.9. The van der Waals surface area contributed by atoms with Gasteiger partial charge in [-0.15, -0.1) is 0 Å². The lowest BCUT2D eigenvalue weighted by atomic mass is 10.0. The summed E-state index contributed by atoms with van der Waals surface area (Å²) in [6, 6.07) is 0. The molecule has 0 aromatic heterocycles. The summed E-state index contributed by atoms with van der Waals surface area (Å²) in [4.78, 5) is 72.6. The van der Waals surface area contributed by atoms with Crippen LogP contribution in [0.5, 0.6) is 0 Å². The number of phosphoric acid groups is 2. The van der Waals surface area contributed by atoms with Crippen molar-refractivity contribution in [3.05, 3.63) is 0 Å². The van der Waals surface area contributed by atoms with Gasteiger partial charge < -0.3 is 33.8 Å². The number of phosphoric ester groups is 2. The first-order valence-electron chi connectivity index (χ1n) is 39.0. The number of ether oxygens (including phenoxy) is 4. The fraction of sp³-hybridized carbons (Fsp3) is 0.947. The molecule has 0 saturated heterocycles. The number of carbonyl (C=O) groups is 4. The van der Waals surface area contributed by atoms with Gasteiger partial charge in [-0.2, -0.15) is 0 Å². The van der Waals surface area contributed by atoms with Gasteiger partial charge in [0.1, 0.15) is 19.3 Å². The molecule has 0 aliphatic rings. The van der Waals surface area contributed by atoms with Crippen LogP contribution < -0.4 is 0 Å². The predicted molar refractivity (Wildman–Crippen MR) is 381 cm³/mol. The average Bonchev–Trinajstić information content (AvgIpc) is 1.46. The molecule has 0 fully saturated rings. The van der Waals surface area contributed by atoms with Crippen LogP contribution in [0.15, 0.2) is 0 Å². The smallest absolute Gasteiger partial charge is 0.462 e. The van der Waals surface area contributed by atoms with Crippen LogP contribution in [0.2, 0.25) is 0 Å². The van der Waals surface area contributed by atoms with Crippen molar-refractivity contribution in [2.45, 2.75) is 407 Å². The molecule has 0 aromatic rings. The van der Waals surface area contributed by atoms with Gasteiger partial charge in [0.15, 0.2) is 12.2 Å². The second kappa shape index (κ2) is 66.9. The number of aliphatic hydroxyl groups is 1. The molecule has 94 heavy (non-hydrogen) atoms. The molecule has 5 atom stereocenters. The van der Waals surface area contributed by atoms with Crippen molar-refractivity contribution < 1.29 is 80.2 Å². The zero-order chi connectivity index (χ0) is 69.3. The summed E-state index contributed by atoms with van der Waals surface area (Å²) in [6.45, 7) is 9.52. The van der Waals surface area contributed by atoms with Crippen LogP contribution in [-0.4, -0.2) is 96.7 Å². The highest BCUT2D eigenvalue weighted by Crippen LogP contribution is 2.45. The first kappa shape index (κ1) is 92.1. The van der Waals surface area contributed by atoms with E-state index in [2.05, 4.69) is 41.5 Å². The third-order valence-electron chi connectivity index (χ3n) is 17.5. The van der Waals surface area contributed by atoms with E-state index >= 15 is 0 Å². The Bertz CT molecular complexity index is 1820. The second-order valence-electron chi connectivity index (χ2n) is 28.0. The Balaban J connectivity index is 5.17. The topological polar surface area (TPSA) is 237 Å². The Kier molecular flexibility index (Phi) is 65.5. The van der Waals surface area contributed by atoms with E-state index in [9.17, 15) is 43.2 Å². The van der Waals surface area contributed by atoms with Crippen molar-refractivity contribution in [1.82, 2.24) is 0 Å². The number of esters is 4. The quantitative estimate of drug-likeness (QED) is 0.0222. The van der Waals surface area contributed by atoms with E-state index < -0.39 is 97.5 Å². The van der Waals surface area contributed by atoms with Crippen molar-refractivity contribution in [3.8, 4) is 0 Å². The van der Waals surface area contributed by atoms with Gasteiger partial charge in [0.25, 0.3) is 0 Å². The lowest BCUT2D eigenvalue weighted by molar-refractivity contribution is -0.161. The molecule has 0 radical (unpaired) electrons. The molecule has 0 aliphatic carbocycles. The zero-order valence-electron chi connectivity index (χ0n) is 61.3. The maximum Gasteiger partial charge on any atom is 0.472 e. The largest absolute Gasteiger partial charge is 0.472 e. The van der Waals surface area contributed by atoms with Crippen molar-refractivity contribution in [2.75, 3.05) is 39.6 Å². The summed E-state index contributed by atoms with van der Waals surface area (Å²) < 4.78 is 68.4. The second-order valence-corrected chi connectivity index (χ2v) is 30.9. The summed E-state index contributed by atoms with van der Waals surface area (Å²) in [5.41, 5.74) is 0. The molecule has 0 amide bonds. The molecule has 0 aromatic carbocycles. The Labute approximate surface area is 575 Å². The number of hydrogen-bond acceptors (Lipinski definition) is 15. The normalized spacial score (nSPS) is 14.0. The van der Waals surface area contributed by atoms with E-state index in [-0.39, 0.29) is 25.7 Å². The SMILES string of the molecule is CCCCCCCCCCCCCCCCCCCCCCCC(=O)O[C@H](COC(=O)CCCCCCCCCCCCCC(C)C)COP(=O)(O)OC[C@@H](O)COP(=O)(O)OC[C@@H](COC(=O)CCCCCCCCCC)OC(=O)CCCCCCCCCCC(C)C. The molecule has 19 heteroatoms. The fourth-order valence-electron chi connectivity index (χ4n) is 11.5. The molecular formula is C75H146O17P2. The molecule has 3 N–H and O–H groups in total. The highest BCUT2D eigenvalue weighted by molar-refractivity contribution is 7.47. The van der Waals surface area contributed by atoms with Crippen molar-refractivity contribution in [2.24, 2.45) is 11.8 Å². The van der Waals surface area contributed by atoms with Gasteiger partial charge in [-0.05, 0) is 37.5 Å². The highest BCUT2D eigenvalue weighted by atomic mass is 31.2. The van der Waals surface area contributed by atoms with Crippen LogP contribution in [0.4, 0.5) is 0 Å². The Hall–Kier alpha value is -1.94. The van der Waals surface area contributed by atoms with Gasteiger partial charge in [0.2, 0.25) is 0 Å². The molecule has 0 saturated carbocycles. The summed E-state index contributed by atoms with van der Waals surface area (Å²) >= 11 is 0. The summed E-state index contributed by atoms with van der Waals surface area (Å²) in [6.07, 6.45) is 54.4. The molecule has 0 bridgehead atoms. The van der Waals surface area contributed by atoms with Crippen LogP contribution in [0.3, 0.4) is 0 Å². The molecule has 558 valence electrons. The lowest BCUT2D eigenvalue weighted by Gasteiger charge is -2.21. The molecule has 0 rings (SSSR count). The van der Waals surface area contributed by atoms with Crippen LogP contribution in [0.25, 0.3) is 0 Å². The minimum Gasteiger partial charge on any atom is -0.462 e. The number of hydrogen-bond donors (Lipinski definition) is 3. The maximum atomic E-state index is 13.1. The van der Waals surface area contributed by atoms with Crippen molar-refractivity contribution in [1.29, 1.82) is 0 Å². The van der Waals surface area contributed by atoms with Gasteiger partial charge in [-0.3, -0.25) is 37.3 Å². The Morgan fingerprint density at radius 3 is 0.723 bits per heavy atom. The number of rotatable bonds is 74. The lowest BCUT2D eigenvalue weighted by Crippen LogP contribution is -2.30. The van der Waals surface area contributed by atoms with Gasteiger partial charge >= 0.3 is 39.5 Å². The number of aliphatic hydroxyl groups excluding tert-OH is 1. The number of carbonyl (C=O) groups excluding carboxylic acids is 4. The zero-order valence-corrected chi connectivity index (χ0v) is 63.1. The Morgan fingerprint density at radius 1 is 0.287 bits per heavy atom. The molecular weight excluding hydrogens is 1230 g/mol. The molecule has 17 nitrogen and oxygen atoms in total. The van der Waals surface area contributed by atoms with E-state index in [4.69, 9.17) is 37.0 Å². The maximum absolute atomic E-state index is 13.1. The molecule has 0 aliphatic heterocycles. The van der Waals surface area contributed by atoms with E-state index in [1.807, 2.05) is 0 Å². The summed E-state index contributed by atoms with van der Waals surface area (Å²) in [5, 5.41) is 10.6. The summed E-state index contributed by atoms with van der Waals surface area (Å²) in [7, 11) is -9.90. The van der Waals surface area contributed by atoms with Crippen LogP contribution in [-0.2, 0) is 65.4 Å². The standard InChI is InChI=1S/C75H146O17P2/c1-7-9-11-13-15-17-18-19-20-21-22-23-24-25-26-27-30-34-41-47-53-59-74(79)91-71(64-86-73(78)58-52-46-40-33-31-28-29-32-37-43-49-55-67(3)4)66-90-94(83,84)88-62-69(76)61-87-93(81,82)89-65-70(63-85-72(77)57-51-45-39-16-14-12-10-8-2)92-75(80)60-54-48-42-36-35-38-44-50-56-68(5)6/h67-71,76H,7-66H2,1-6H3,(H,81,82)(H,83,84)/t69-,70+,71+/m0/s1. The first-order valence-corrected chi connectivity index (χ1v) is 42.0. The minimum atomic E-state index is -4.96. The monoisotopic (exact) mass is 1380 g/mol. The fourth-order valence-corrected chi connectivity index (χ4v) is 13.1. The third-order valence-corrected chi connectivity index (χ3v) is 19.4. The van der Waals surface area contributed by atoms with Crippen LogP contribution >= 0.6 is 15.6 Å². The van der Waals surface area contributed by atoms with Gasteiger partial charge in [-0.1, -0.05) is 337 Å². The first-order chi connectivity index (χ1) is 45.4. The van der Waals surface area contributed by atoms with Crippen molar-refractivity contribution >= 4 is 39.5 Å². The average molecular weight is 1380 g/mol. The van der Waals surface area contributed by atoms with E-state index in [0.717, 1.165) is 108 Å². The molecule has 0 spiro atoms. The van der Waals surface area contributed by atoms with Crippen LogP contribution in [0.1, 0.15) is 388 Å².